The Kier molecular flexibility index (Phi) is 7.75. The van der Waals surface area contributed by atoms with E-state index < -0.39 is 26.7 Å². The maximum absolute atomic E-state index is 13.6. The van der Waals surface area contributed by atoms with Crippen LogP contribution in [-0.4, -0.2) is 41.8 Å². The Morgan fingerprint density at radius 2 is 1.80 bits per heavy atom. The molecule has 0 spiro atoms. The third kappa shape index (κ3) is 6.06. The Morgan fingerprint density at radius 3 is 2.49 bits per heavy atom. The Labute approximate surface area is 239 Å². The molecule has 0 atom stereocenters. The van der Waals surface area contributed by atoms with E-state index in [0.29, 0.717) is 5.52 Å². The number of furan rings is 1. The van der Waals surface area contributed by atoms with Crippen LogP contribution in [0.4, 0.5) is 11.0 Å². The molecule has 5 aromatic rings. The van der Waals surface area contributed by atoms with E-state index in [1.54, 1.807) is 0 Å². The van der Waals surface area contributed by atoms with Crippen LogP contribution < -0.4 is 5.01 Å². The molecule has 0 fully saturated rings. The molecule has 11 nitrogen and oxygen atoms in total. The molecule has 0 bridgehead atoms. The Balaban J connectivity index is 1.44. The lowest BCUT2D eigenvalue weighted by Gasteiger charge is -2.18. The molecule has 0 radical (unpaired) electrons. The third-order valence-corrected chi connectivity index (χ3v) is 8.87. The summed E-state index contributed by atoms with van der Waals surface area (Å²) in [5.41, 5.74) is 2.69. The fourth-order valence-electron chi connectivity index (χ4n) is 3.92. The summed E-state index contributed by atoms with van der Waals surface area (Å²) >= 11 is 1.24. The minimum Gasteiger partial charge on any atom is -0.400 e. The number of aryl methyl sites for hydroxylation is 1. The van der Waals surface area contributed by atoms with Crippen LogP contribution in [0.25, 0.3) is 10.2 Å². The second-order valence-electron chi connectivity index (χ2n) is 9.03. The normalized spacial score (nSPS) is 11.9. The van der Waals surface area contributed by atoms with Crippen LogP contribution in [0.1, 0.15) is 27.2 Å². The first-order valence-corrected chi connectivity index (χ1v) is 14.5. The van der Waals surface area contributed by atoms with Gasteiger partial charge >= 0.3 is 5.88 Å². The van der Waals surface area contributed by atoms with E-state index in [4.69, 9.17) is 4.42 Å². The first kappa shape index (κ1) is 27.8. The maximum Gasteiger partial charge on any atom is 0.433 e. The van der Waals surface area contributed by atoms with Gasteiger partial charge in [-0.05, 0) is 60.5 Å². The number of nitrogens with zero attached hydrogens (tertiary/aromatic N) is 5. The summed E-state index contributed by atoms with van der Waals surface area (Å²) in [6.45, 7) is 2.13. The van der Waals surface area contributed by atoms with E-state index in [0.717, 1.165) is 20.8 Å². The maximum atomic E-state index is 13.6. The quantitative estimate of drug-likeness (QED) is 0.124. The van der Waals surface area contributed by atoms with Crippen molar-refractivity contribution in [1.82, 2.24) is 9.29 Å². The number of aromatic nitrogens is 1. The second-order valence-corrected chi connectivity index (χ2v) is 12.1. The third-order valence-electron chi connectivity index (χ3n) is 6.06. The zero-order valence-electron chi connectivity index (χ0n) is 21.9. The number of carbonyl (C=O) groups is 1. The summed E-state index contributed by atoms with van der Waals surface area (Å²) in [6, 6.07) is 23.0. The van der Waals surface area contributed by atoms with Crippen LogP contribution in [0.2, 0.25) is 0 Å². The van der Waals surface area contributed by atoms with E-state index in [1.165, 1.54) is 65.3 Å². The number of amides is 1. The van der Waals surface area contributed by atoms with Crippen molar-refractivity contribution in [3.05, 3.63) is 117 Å². The zero-order valence-corrected chi connectivity index (χ0v) is 23.5. The van der Waals surface area contributed by atoms with Gasteiger partial charge in [0.2, 0.25) is 15.2 Å². The van der Waals surface area contributed by atoms with Crippen LogP contribution >= 0.6 is 11.3 Å². The first-order valence-electron chi connectivity index (χ1n) is 12.2. The molecule has 2 heterocycles. The second kappa shape index (κ2) is 11.4. The predicted octanol–water partition coefficient (Wildman–Crippen LogP) is 5.61. The molecule has 41 heavy (non-hydrogen) atoms. The number of hydrogen-bond donors (Lipinski definition) is 0. The number of thiazole rings is 1. The predicted molar refractivity (Wildman–Crippen MR) is 156 cm³/mol. The summed E-state index contributed by atoms with van der Waals surface area (Å²) in [4.78, 5) is 28.5. The number of nitro groups is 1. The fraction of sp³-hybridized carbons (Fsp3) is 0.107. The van der Waals surface area contributed by atoms with Crippen molar-refractivity contribution in [2.24, 2.45) is 5.10 Å². The van der Waals surface area contributed by atoms with Gasteiger partial charge in [-0.1, -0.05) is 47.7 Å². The monoisotopic (exact) mass is 589 g/mol. The van der Waals surface area contributed by atoms with E-state index >= 15 is 0 Å². The Bertz CT molecular complexity index is 1870. The van der Waals surface area contributed by atoms with Crippen molar-refractivity contribution in [2.75, 3.05) is 12.1 Å². The molecule has 5 rings (SSSR count). The summed E-state index contributed by atoms with van der Waals surface area (Å²) < 4.78 is 33.5. The fourth-order valence-corrected chi connectivity index (χ4v) is 6.10. The van der Waals surface area contributed by atoms with Gasteiger partial charge in [0.05, 0.1) is 27.4 Å². The van der Waals surface area contributed by atoms with Crippen LogP contribution in [0, 0.1) is 17.0 Å². The van der Waals surface area contributed by atoms with Gasteiger partial charge in [0.15, 0.2) is 5.76 Å². The molecule has 0 aliphatic carbocycles. The van der Waals surface area contributed by atoms with Gasteiger partial charge in [-0.2, -0.15) is 14.4 Å². The summed E-state index contributed by atoms with van der Waals surface area (Å²) in [6.07, 6.45) is 1.18. The molecular weight excluding hydrogens is 566 g/mol. The molecular formula is C28H23N5O6S2. The van der Waals surface area contributed by atoms with Gasteiger partial charge in [0.25, 0.3) is 5.91 Å². The molecule has 0 saturated carbocycles. The number of sulfonamides is 1. The number of fused-ring (bicyclic) bond motifs is 1. The topological polar surface area (TPSA) is 139 Å². The molecule has 13 heteroatoms. The summed E-state index contributed by atoms with van der Waals surface area (Å²) in [5.74, 6) is -0.983. The number of rotatable bonds is 9. The molecule has 0 unspecified atom stereocenters. The molecule has 0 saturated heterocycles. The number of carbonyl (C=O) groups excluding carboxylic acids is 1. The van der Waals surface area contributed by atoms with Crippen molar-refractivity contribution < 1.29 is 22.6 Å². The highest BCUT2D eigenvalue weighted by atomic mass is 32.2. The number of anilines is 1. The van der Waals surface area contributed by atoms with Crippen LogP contribution in [0.15, 0.2) is 99.3 Å². The number of hydrogen-bond acceptors (Lipinski definition) is 9. The van der Waals surface area contributed by atoms with E-state index in [2.05, 4.69) is 10.1 Å². The van der Waals surface area contributed by atoms with Crippen molar-refractivity contribution in [3.8, 4) is 0 Å². The largest absolute Gasteiger partial charge is 0.433 e. The van der Waals surface area contributed by atoms with Crippen molar-refractivity contribution in [1.29, 1.82) is 0 Å². The first-order chi connectivity index (χ1) is 19.6. The van der Waals surface area contributed by atoms with Crippen LogP contribution in [0.5, 0.6) is 0 Å². The van der Waals surface area contributed by atoms with Gasteiger partial charge in [-0.25, -0.2) is 13.4 Å². The van der Waals surface area contributed by atoms with Gasteiger partial charge in [0.1, 0.15) is 4.92 Å². The lowest BCUT2D eigenvalue weighted by molar-refractivity contribution is -0.402. The van der Waals surface area contributed by atoms with E-state index in [1.807, 2.05) is 55.5 Å². The molecule has 0 aliphatic rings. The molecule has 3 aromatic carbocycles. The molecule has 0 N–H and O–H groups in total. The van der Waals surface area contributed by atoms with Gasteiger partial charge in [-0.3, -0.25) is 14.9 Å². The van der Waals surface area contributed by atoms with Gasteiger partial charge in [0, 0.05) is 19.2 Å². The van der Waals surface area contributed by atoms with E-state index in [9.17, 15) is 23.3 Å². The average Bonchev–Trinajstić information content (AvgIpc) is 3.61. The minimum absolute atomic E-state index is 0.0286. The van der Waals surface area contributed by atoms with Crippen LogP contribution in [0.3, 0.4) is 0 Å². The number of benzene rings is 3. The van der Waals surface area contributed by atoms with Crippen molar-refractivity contribution in [2.45, 2.75) is 18.4 Å². The lowest BCUT2D eigenvalue weighted by Crippen LogP contribution is -2.27. The van der Waals surface area contributed by atoms with Gasteiger partial charge in [-0.15, -0.1) is 0 Å². The smallest absolute Gasteiger partial charge is 0.400 e. The molecule has 2 aromatic heterocycles. The highest BCUT2D eigenvalue weighted by Gasteiger charge is 2.24. The summed E-state index contributed by atoms with van der Waals surface area (Å²) in [5, 5.41) is 16.5. The van der Waals surface area contributed by atoms with Gasteiger partial charge < -0.3 is 4.42 Å². The Morgan fingerprint density at radius 1 is 1.07 bits per heavy atom. The highest BCUT2D eigenvalue weighted by molar-refractivity contribution is 7.89. The molecule has 0 aliphatic heterocycles. The van der Waals surface area contributed by atoms with Crippen LogP contribution in [-0.2, 0) is 16.6 Å². The minimum atomic E-state index is -3.82. The number of hydrazone groups is 1. The van der Waals surface area contributed by atoms with Crippen molar-refractivity contribution in [3.63, 3.8) is 0 Å². The Hall–Kier alpha value is -4.72. The van der Waals surface area contributed by atoms with Crippen molar-refractivity contribution >= 4 is 54.7 Å². The highest BCUT2D eigenvalue weighted by Crippen LogP contribution is 2.31. The van der Waals surface area contributed by atoms with E-state index in [-0.39, 0.29) is 27.9 Å². The summed E-state index contributed by atoms with van der Waals surface area (Å²) in [7, 11) is -2.33. The SMILES string of the molecule is Cc1ccc2nc(N(/N=C/c3ccc([N+](=O)[O-])o3)C(=O)c3ccc(S(=O)(=O)N(C)Cc4ccccc4)cc3)sc2c1. The average molecular weight is 590 g/mol. The lowest BCUT2D eigenvalue weighted by atomic mass is 10.2. The molecule has 1 amide bonds. The standard InChI is InChI=1S/C28H23N5O6S2/c1-19-8-14-24-25(16-19)40-28(30-24)32(29-17-22-11-15-26(39-22)33(35)36)27(34)21-9-12-23(13-10-21)41(37,38)31(2)18-20-6-4-3-5-7-20/h3-17H,18H2,1-2H3/b29-17+. The molecule has 208 valence electrons. The zero-order chi connectivity index (χ0) is 29.1.